The van der Waals surface area contributed by atoms with Crippen LogP contribution >= 0.6 is 0 Å². The molecule has 0 bridgehead atoms. The van der Waals surface area contributed by atoms with Crippen molar-refractivity contribution in [1.82, 2.24) is 9.97 Å². The Balaban J connectivity index is 2.01. The molecular formula is C15H19N3O2. The number of benzene rings is 1. The normalized spacial score (nSPS) is 10.3. The number of hydrogen-bond acceptors (Lipinski definition) is 5. The Bertz CT molecular complexity index is 556. The van der Waals surface area contributed by atoms with Crippen molar-refractivity contribution in [2.45, 2.75) is 26.8 Å². The molecule has 5 heteroatoms. The zero-order chi connectivity index (χ0) is 14.4. The van der Waals surface area contributed by atoms with E-state index in [1.165, 1.54) is 0 Å². The zero-order valence-corrected chi connectivity index (χ0v) is 11.8. The molecule has 0 aliphatic heterocycles. The van der Waals surface area contributed by atoms with Crippen LogP contribution in [0.25, 0.3) is 0 Å². The van der Waals surface area contributed by atoms with Crippen LogP contribution in [0.5, 0.6) is 11.6 Å². The Kier molecular flexibility index (Phi) is 4.76. The number of aromatic hydroxyl groups is 1. The first-order valence-corrected chi connectivity index (χ1v) is 6.67. The Morgan fingerprint density at radius 3 is 2.65 bits per heavy atom. The van der Waals surface area contributed by atoms with Crippen LogP contribution in [0.4, 0.5) is 5.95 Å². The topological polar surface area (TPSA) is 67.3 Å². The summed E-state index contributed by atoms with van der Waals surface area (Å²) in [7, 11) is 0. The number of nitrogens with zero attached hydrogens (tertiary/aromatic N) is 2. The fourth-order valence-electron chi connectivity index (χ4n) is 1.69. The second-order valence-corrected chi connectivity index (χ2v) is 4.54. The highest BCUT2D eigenvalue weighted by Crippen LogP contribution is 2.14. The lowest BCUT2D eigenvalue weighted by molar-refractivity contribution is 0.305. The van der Waals surface area contributed by atoms with Crippen molar-refractivity contribution in [2.75, 3.05) is 11.9 Å². The van der Waals surface area contributed by atoms with Crippen molar-refractivity contribution in [1.29, 1.82) is 0 Å². The molecule has 0 fully saturated rings. The third-order valence-electron chi connectivity index (χ3n) is 2.67. The predicted molar refractivity (Wildman–Crippen MR) is 78.0 cm³/mol. The van der Waals surface area contributed by atoms with Gasteiger partial charge in [-0.3, -0.25) is 0 Å². The van der Waals surface area contributed by atoms with Crippen molar-refractivity contribution < 1.29 is 9.84 Å². The first-order valence-electron chi connectivity index (χ1n) is 6.67. The van der Waals surface area contributed by atoms with Gasteiger partial charge in [0.1, 0.15) is 5.75 Å². The van der Waals surface area contributed by atoms with Gasteiger partial charge in [0.25, 0.3) is 0 Å². The Morgan fingerprint density at radius 1 is 1.20 bits per heavy atom. The van der Waals surface area contributed by atoms with Gasteiger partial charge in [-0.15, -0.1) is 0 Å². The summed E-state index contributed by atoms with van der Waals surface area (Å²) in [6.07, 6.45) is 0.944. The Morgan fingerprint density at radius 2 is 1.95 bits per heavy atom. The maximum Gasteiger partial charge on any atom is 0.226 e. The predicted octanol–water partition coefficient (Wildman–Crippen LogP) is 2.89. The fraction of sp³-hybridized carbons (Fsp3) is 0.333. The third kappa shape index (κ3) is 4.12. The van der Waals surface area contributed by atoms with Gasteiger partial charge < -0.3 is 15.2 Å². The molecule has 5 nitrogen and oxygen atoms in total. The van der Waals surface area contributed by atoms with Gasteiger partial charge in [0.05, 0.1) is 6.61 Å². The number of phenols is 1. The van der Waals surface area contributed by atoms with Crippen LogP contribution in [0.15, 0.2) is 30.3 Å². The minimum atomic E-state index is 0.260. The molecule has 0 radical (unpaired) electrons. The summed E-state index contributed by atoms with van der Waals surface area (Å²) < 4.78 is 5.52. The van der Waals surface area contributed by atoms with Gasteiger partial charge in [-0.1, -0.05) is 19.1 Å². The van der Waals surface area contributed by atoms with E-state index in [1.54, 1.807) is 12.1 Å². The van der Waals surface area contributed by atoms with Crippen LogP contribution in [0.2, 0.25) is 0 Å². The highest BCUT2D eigenvalue weighted by Gasteiger charge is 2.03. The van der Waals surface area contributed by atoms with Crippen LogP contribution in [0, 0.1) is 6.92 Å². The molecule has 2 rings (SSSR count). The van der Waals surface area contributed by atoms with Gasteiger partial charge in [0, 0.05) is 18.3 Å². The third-order valence-corrected chi connectivity index (χ3v) is 2.67. The van der Waals surface area contributed by atoms with Crippen LogP contribution < -0.4 is 10.1 Å². The second-order valence-electron chi connectivity index (χ2n) is 4.54. The van der Waals surface area contributed by atoms with Crippen molar-refractivity contribution in [3.8, 4) is 11.6 Å². The first-order chi connectivity index (χ1) is 9.67. The smallest absolute Gasteiger partial charge is 0.226 e. The van der Waals surface area contributed by atoms with Gasteiger partial charge in [-0.25, -0.2) is 4.98 Å². The quantitative estimate of drug-likeness (QED) is 0.847. The van der Waals surface area contributed by atoms with Crippen LogP contribution in [0.3, 0.4) is 0 Å². The van der Waals surface area contributed by atoms with Gasteiger partial charge in [0.15, 0.2) is 0 Å². The van der Waals surface area contributed by atoms with E-state index in [0.29, 0.717) is 25.0 Å². The number of phenolic OH excluding ortho intramolecular Hbond substituents is 1. The van der Waals surface area contributed by atoms with E-state index >= 15 is 0 Å². The van der Waals surface area contributed by atoms with E-state index in [4.69, 9.17) is 4.74 Å². The molecular weight excluding hydrogens is 254 g/mol. The number of aryl methyl sites for hydroxylation is 1. The monoisotopic (exact) mass is 273 g/mol. The molecule has 0 saturated carbocycles. The van der Waals surface area contributed by atoms with Crippen molar-refractivity contribution in [3.63, 3.8) is 0 Å². The van der Waals surface area contributed by atoms with E-state index in [1.807, 2.05) is 25.1 Å². The zero-order valence-electron chi connectivity index (χ0n) is 11.8. The second kappa shape index (κ2) is 6.75. The summed E-state index contributed by atoms with van der Waals surface area (Å²) in [5, 5.41) is 12.4. The minimum Gasteiger partial charge on any atom is -0.508 e. The van der Waals surface area contributed by atoms with E-state index in [9.17, 15) is 5.11 Å². The first kappa shape index (κ1) is 14.1. The maximum absolute atomic E-state index is 9.24. The van der Waals surface area contributed by atoms with E-state index in [2.05, 4.69) is 22.2 Å². The summed E-state index contributed by atoms with van der Waals surface area (Å²) in [6, 6.07) is 8.84. The molecule has 106 valence electrons. The number of ether oxygens (including phenoxy) is 1. The molecule has 0 unspecified atom stereocenters. The SMILES string of the molecule is CCCOc1cc(C)nc(NCc2ccc(O)cc2)n1. The van der Waals surface area contributed by atoms with E-state index in [0.717, 1.165) is 17.7 Å². The molecule has 20 heavy (non-hydrogen) atoms. The molecule has 2 aromatic rings. The summed E-state index contributed by atoms with van der Waals surface area (Å²) in [6.45, 7) is 5.20. The van der Waals surface area contributed by atoms with Crippen molar-refractivity contribution >= 4 is 5.95 Å². The fourth-order valence-corrected chi connectivity index (χ4v) is 1.69. The highest BCUT2D eigenvalue weighted by atomic mass is 16.5. The summed E-state index contributed by atoms with van der Waals surface area (Å²) in [4.78, 5) is 8.63. The summed E-state index contributed by atoms with van der Waals surface area (Å²) >= 11 is 0. The van der Waals surface area contributed by atoms with Gasteiger partial charge >= 0.3 is 0 Å². The Labute approximate surface area is 118 Å². The summed E-state index contributed by atoms with van der Waals surface area (Å²) in [5.74, 6) is 1.40. The lowest BCUT2D eigenvalue weighted by Crippen LogP contribution is -2.06. The highest BCUT2D eigenvalue weighted by molar-refractivity contribution is 5.33. The lowest BCUT2D eigenvalue weighted by Gasteiger charge is -2.09. The number of rotatable bonds is 6. The minimum absolute atomic E-state index is 0.260. The number of nitrogens with one attached hydrogen (secondary N) is 1. The molecule has 0 aliphatic rings. The number of hydrogen-bond donors (Lipinski definition) is 2. The molecule has 2 N–H and O–H groups in total. The standard InChI is InChI=1S/C15H19N3O2/c1-3-8-20-14-9-11(2)17-15(18-14)16-10-12-4-6-13(19)7-5-12/h4-7,9,19H,3,8,10H2,1-2H3,(H,16,17,18). The molecule has 1 aromatic carbocycles. The molecule has 0 saturated heterocycles. The number of aromatic nitrogens is 2. The van der Waals surface area contributed by atoms with Crippen LogP contribution in [-0.4, -0.2) is 21.7 Å². The lowest BCUT2D eigenvalue weighted by atomic mass is 10.2. The molecule has 0 atom stereocenters. The average Bonchev–Trinajstić information content (AvgIpc) is 2.44. The van der Waals surface area contributed by atoms with Gasteiger partial charge in [-0.05, 0) is 31.0 Å². The Hall–Kier alpha value is -2.30. The van der Waals surface area contributed by atoms with Gasteiger partial charge in [-0.2, -0.15) is 4.98 Å². The van der Waals surface area contributed by atoms with Crippen molar-refractivity contribution in [2.24, 2.45) is 0 Å². The molecule has 0 spiro atoms. The van der Waals surface area contributed by atoms with Crippen LogP contribution in [0.1, 0.15) is 24.6 Å². The van der Waals surface area contributed by atoms with Gasteiger partial charge in [0.2, 0.25) is 11.8 Å². The van der Waals surface area contributed by atoms with E-state index in [-0.39, 0.29) is 5.75 Å². The molecule has 1 heterocycles. The van der Waals surface area contributed by atoms with E-state index < -0.39 is 0 Å². The molecule has 0 aliphatic carbocycles. The maximum atomic E-state index is 9.24. The average molecular weight is 273 g/mol. The largest absolute Gasteiger partial charge is 0.508 e. The number of anilines is 1. The summed E-state index contributed by atoms with van der Waals surface area (Å²) in [5.41, 5.74) is 1.91. The van der Waals surface area contributed by atoms with Crippen LogP contribution in [-0.2, 0) is 6.54 Å². The van der Waals surface area contributed by atoms with Crippen molar-refractivity contribution in [3.05, 3.63) is 41.6 Å². The molecule has 1 aromatic heterocycles. The molecule has 0 amide bonds.